The van der Waals surface area contributed by atoms with Gasteiger partial charge in [0.1, 0.15) is 11.2 Å². The Labute approximate surface area is 120 Å². The first-order valence-electron chi connectivity index (χ1n) is 6.02. The molecule has 0 aliphatic carbocycles. The molecule has 1 atom stereocenters. The van der Waals surface area contributed by atoms with Crippen molar-refractivity contribution in [3.05, 3.63) is 71.9 Å². The summed E-state index contributed by atoms with van der Waals surface area (Å²) in [5, 5.41) is 7.39. The van der Waals surface area contributed by atoms with Crippen LogP contribution in [0.2, 0.25) is 0 Å². The van der Waals surface area contributed by atoms with Gasteiger partial charge >= 0.3 is 0 Å². The molecule has 0 radical (unpaired) electrons. The summed E-state index contributed by atoms with van der Waals surface area (Å²) in [4.78, 5) is 0. The van der Waals surface area contributed by atoms with Crippen molar-refractivity contribution in [2.24, 2.45) is 0 Å². The molecule has 3 rings (SSSR count). The number of halogens is 2. The average Bonchev–Trinajstić information content (AvgIpc) is 2.98. The van der Waals surface area contributed by atoms with Gasteiger partial charge in [0.05, 0.1) is 0 Å². The van der Waals surface area contributed by atoms with Gasteiger partial charge in [-0.25, -0.2) is 4.39 Å². The van der Waals surface area contributed by atoms with E-state index in [-0.39, 0.29) is 5.82 Å². The van der Waals surface area contributed by atoms with Crippen LogP contribution in [0.3, 0.4) is 0 Å². The number of rotatable bonds is 3. The third-order valence-electron chi connectivity index (χ3n) is 2.84. The highest BCUT2D eigenvalue weighted by Crippen LogP contribution is 2.29. The van der Waals surface area contributed by atoms with Crippen molar-refractivity contribution in [1.29, 1.82) is 0 Å². The van der Waals surface area contributed by atoms with Crippen molar-refractivity contribution in [2.75, 3.05) is 0 Å². The van der Waals surface area contributed by atoms with Gasteiger partial charge in [-0.15, -0.1) is 21.8 Å². The van der Waals surface area contributed by atoms with Crippen molar-refractivity contribution in [1.82, 2.24) is 10.2 Å². The van der Waals surface area contributed by atoms with Crippen molar-refractivity contribution < 1.29 is 8.81 Å². The molecule has 0 amide bonds. The highest BCUT2D eigenvalue weighted by Gasteiger charge is 2.18. The van der Waals surface area contributed by atoms with E-state index in [1.807, 2.05) is 30.3 Å². The van der Waals surface area contributed by atoms with Crippen molar-refractivity contribution in [2.45, 2.75) is 5.38 Å². The zero-order chi connectivity index (χ0) is 13.9. The van der Waals surface area contributed by atoms with Gasteiger partial charge in [0, 0.05) is 5.56 Å². The lowest BCUT2D eigenvalue weighted by molar-refractivity contribution is 0.513. The SMILES string of the molecule is Fc1ccc(-c2nnc(C(Cl)c3ccccc3)o2)cc1. The fourth-order valence-corrected chi connectivity index (χ4v) is 2.04. The van der Waals surface area contributed by atoms with Gasteiger partial charge in [-0.3, -0.25) is 0 Å². The Kier molecular flexibility index (Phi) is 3.48. The third-order valence-corrected chi connectivity index (χ3v) is 3.28. The predicted octanol–water partition coefficient (Wildman–Crippen LogP) is 4.20. The minimum atomic E-state index is -0.502. The highest BCUT2D eigenvalue weighted by molar-refractivity contribution is 6.22. The maximum Gasteiger partial charge on any atom is 0.247 e. The van der Waals surface area contributed by atoms with Gasteiger partial charge in [0.25, 0.3) is 0 Å². The summed E-state index contributed by atoms with van der Waals surface area (Å²) < 4.78 is 18.4. The maximum absolute atomic E-state index is 12.9. The minimum absolute atomic E-state index is 0.312. The van der Waals surface area contributed by atoms with Crippen LogP contribution in [0.15, 0.2) is 59.0 Å². The molecule has 3 nitrogen and oxygen atoms in total. The molecule has 2 aromatic carbocycles. The quantitative estimate of drug-likeness (QED) is 0.678. The standard InChI is InChI=1S/C15H10ClFN2O/c16-13(10-4-2-1-3-5-10)15-19-18-14(20-15)11-6-8-12(17)9-7-11/h1-9,13H. The van der Waals surface area contributed by atoms with Crippen LogP contribution >= 0.6 is 11.6 Å². The molecule has 5 heteroatoms. The van der Waals surface area contributed by atoms with E-state index in [9.17, 15) is 4.39 Å². The van der Waals surface area contributed by atoms with Crippen LogP contribution < -0.4 is 0 Å². The van der Waals surface area contributed by atoms with Crippen LogP contribution in [0.5, 0.6) is 0 Å². The van der Waals surface area contributed by atoms with Gasteiger partial charge < -0.3 is 4.42 Å². The van der Waals surface area contributed by atoms with E-state index in [4.69, 9.17) is 16.0 Å². The molecule has 0 saturated heterocycles. The number of alkyl halides is 1. The molecule has 1 aromatic heterocycles. The molecule has 3 aromatic rings. The van der Waals surface area contributed by atoms with E-state index in [0.717, 1.165) is 5.56 Å². The third kappa shape index (κ3) is 2.56. The first-order valence-corrected chi connectivity index (χ1v) is 6.46. The lowest BCUT2D eigenvalue weighted by atomic mass is 10.1. The van der Waals surface area contributed by atoms with E-state index in [2.05, 4.69) is 10.2 Å². The van der Waals surface area contributed by atoms with Crippen molar-refractivity contribution in [3.8, 4) is 11.5 Å². The number of aromatic nitrogens is 2. The highest BCUT2D eigenvalue weighted by atomic mass is 35.5. The number of hydrogen-bond acceptors (Lipinski definition) is 3. The van der Waals surface area contributed by atoms with Crippen LogP contribution in [0, 0.1) is 5.82 Å². The molecule has 0 bridgehead atoms. The van der Waals surface area contributed by atoms with Crippen LogP contribution in [0.25, 0.3) is 11.5 Å². The van der Waals surface area contributed by atoms with Gasteiger partial charge in [-0.2, -0.15) is 0 Å². The summed E-state index contributed by atoms with van der Waals surface area (Å²) in [6.45, 7) is 0. The second-order valence-electron chi connectivity index (χ2n) is 4.23. The Balaban J connectivity index is 1.89. The zero-order valence-corrected chi connectivity index (χ0v) is 11.1. The predicted molar refractivity (Wildman–Crippen MR) is 73.8 cm³/mol. The smallest absolute Gasteiger partial charge is 0.247 e. The van der Waals surface area contributed by atoms with E-state index in [0.29, 0.717) is 17.3 Å². The largest absolute Gasteiger partial charge is 0.419 e. The first kappa shape index (κ1) is 12.8. The van der Waals surface area contributed by atoms with Gasteiger partial charge in [-0.05, 0) is 29.8 Å². The average molecular weight is 289 g/mol. The Morgan fingerprint density at radius 3 is 2.35 bits per heavy atom. The summed E-state index contributed by atoms with van der Waals surface area (Å²) in [5.41, 5.74) is 1.53. The lowest BCUT2D eigenvalue weighted by Crippen LogP contribution is -1.92. The van der Waals surface area contributed by atoms with Crippen molar-refractivity contribution in [3.63, 3.8) is 0 Å². The van der Waals surface area contributed by atoms with Crippen LogP contribution in [-0.4, -0.2) is 10.2 Å². The van der Waals surface area contributed by atoms with E-state index >= 15 is 0 Å². The summed E-state index contributed by atoms with van der Waals surface area (Å²) in [6, 6.07) is 15.3. The molecule has 0 spiro atoms. The number of hydrogen-bond donors (Lipinski definition) is 0. The second-order valence-corrected chi connectivity index (χ2v) is 4.66. The van der Waals surface area contributed by atoms with E-state index < -0.39 is 5.38 Å². The minimum Gasteiger partial charge on any atom is -0.419 e. The molecule has 20 heavy (non-hydrogen) atoms. The molecule has 0 aliphatic rings. The van der Waals surface area contributed by atoms with Gasteiger partial charge in [-0.1, -0.05) is 30.3 Å². The zero-order valence-electron chi connectivity index (χ0n) is 10.3. The Bertz CT molecular complexity index is 697. The lowest BCUT2D eigenvalue weighted by Gasteiger charge is -2.03. The normalized spacial score (nSPS) is 12.3. The molecule has 1 heterocycles. The van der Waals surface area contributed by atoms with Crippen LogP contribution in [0.4, 0.5) is 4.39 Å². The summed E-state index contributed by atoms with van der Waals surface area (Å²) >= 11 is 6.30. The first-order chi connectivity index (χ1) is 9.74. The topological polar surface area (TPSA) is 38.9 Å². The van der Waals surface area contributed by atoms with E-state index in [1.54, 1.807) is 12.1 Å². The molecule has 1 unspecified atom stereocenters. The molecule has 100 valence electrons. The van der Waals surface area contributed by atoms with Crippen molar-refractivity contribution >= 4 is 11.6 Å². The Morgan fingerprint density at radius 1 is 0.950 bits per heavy atom. The van der Waals surface area contributed by atoms with E-state index in [1.165, 1.54) is 12.1 Å². The molecular weight excluding hydrogens is 279 g/mol. The molecule has 0 aliphatic heterocycles. The second kappa shape index (κ2) is 5.43. The fourth-order valence-electron chi connectivity index (χ4n) is 1.81. The molecule has 0 N–H and O–H groups in total. The van der Waals surface area contributed by atoms with Gasteiger partial charge in [0.2, 0.25) is 11.8 Å². The maximum atomic E-state index is 12.9. The van der Waals surface area contributed by atoms with Gasteiger partial charge in [0.15, 0.2) is 0 Å². The summed E-state index contributed by atoms with van der Waals surface area (Å²) in [7, 11) is 0. The Morgan fingerprint density at radius 2 is 1.65 bits per heavy atom. The monoisotopic (exact) mass is 288 g/mol. The molecule has 0 saturated carbocycles. The fraction of sp³-hybridized carbons (Fsp3) is 0.0667. The van der Waals surface area contributed by atoms with Crippen LogP contribution in [0.1, 0.15) is 16.8 Å². The molecule has 0 fully saturated rings. The summed E-state index contributed by atoms with van der Waals surface area (Å²) in [5.74, 6) is 0.326. The number of benzene rings is 2. The molecular formula is C15H10ClFN2O. The Hall–Kier alpha value is -2.20. The summed E-state index contributed by atoms with van der Waals surface area (Å²) in [6.07, 6.45) is 0. The number of nitrogens with zero attached hydrogens (tertiary/aromatic N) is 2. The van der Waals surface area contributed by atoms with Crippen LogP contribution in [-0.2, 0) is 0 Å².